The number of aliphatic carboxylic acids is 1. The fourth-order valence-corrected chi connectivity index (χ4v) is 5.72. The van der Waals surface area contributed by atoms with Gasteiger partial charge in [0.25, 0.3) is 0 Å². The van der Waals surface area contributed by atoms with Crippen LogP contribution in [0.1, 0.15) is 51.2 Å². The molecule has 2 aromatic rings. The average Bonchev–Trinajstić information content (AvgIpc) is 3.29. The zero-order valence-corrected chi connectivity index (χ0v) is 23.5. The Kier molecular flexibility index (Phi) is 9.13. The predicted octanol–water partition coefficient (Wildman–Crippen LogP) is 6.08. The van der Waals surface area contributed by atoms with E-state index in [1.807, 2.05) is 0 Å². The summed E-state index contributed by atoms with van der Waals surface area (Å²) in [7, 11) is 0. The highest BCUT2D eigenvalue weighted by molar-refractivity contribution is 6.31. The summed E-state index contributed by atoms with van der Waals surface area (Å²) < 4.78 is 52.6. The highest BCUT2D eigenvalue weighted by Crippen LogP contribution is 2.57. The molecule has 7 nitrogen and oxygen atoms in total. The standard InChI is InChI=1S/C25H27Cl2FN2O3.C2HF3O2/c1-5-33-22(31)21-19(14-7-6-8-16(27)20(14)28)25(18(30-21)12-24(2,3)4)15-10-9-13(26)11-17(15)29-23(25)32;3-2(4,5)1(6)7/h6-11,18-19,21,30H,5,12H2,1-4H3,(H,29,32);(H,6,7)/t18-,19+,21-,25+;/m1./s1. The summed E-state index contributed by atoms with van der Waals surface area (Å²) in [5.74, 6) is -5.13. The summed E-state index contributed by atoms with van der Waals surface area (Å²) in [5, 5.41) is 13.8. The number of anilines is 1. The highest BCUT2D eigenvalue weighted by Gasteiger charge is 2.66. The molecule has 0 bridgehead atoms. The van der Waals surface area contributed by atoms with Crippen LogP contribution in [-0.4, -0.2) is 47.8 Å². The van der Waals surface area contributed by atoms with E-state index in [0.717, 1.165) is 0 Å². The zero-order valence-electron chi connectivity index (χ0n) is 22.0. The molecule has 4 rings (SSSR count). The van der Waals surface area contributed by atoms with E-state index in [1.165, 1.54) is 6.07 Å². The molecular weight excluding hydrogens is 579 g/mol. The van der Waals surface area contributed by atoms with Crippen LogP contribution >= 0.6 is 23.2 Å². The lowest BCUT2D eigenvalue weighted by atomic mass is 9.62. The van der Waals surface area contributed by atoms with Gasteiger partial charge < -0.3 is 15.2 Å². The van der Waals surface area contributed by atoms with Crippen LogP contribution in [0.25, 0.3) is 0 Å². The molecule has 1 spiro atoms. The molecule has 0 aromatic heterocycles. The quantitative estimate of drug-likeness (QED) is 0.288. The smallest absolute Gasteiger partial charge is 0.475 e. The van der Waals surface area contributed by atoms with Crippen molar-refractivity contribution in [3.63, 3.8) is 0 Å². The Labute approximate surface area is 238 Å². The van der Waals surface area contributed by atoms with Crippen molar-refractivity contribution >= 4 is 46.7 Å². The van der Waals surface area contributed by atoms with Gasteiger partial charge in [-0.05, 0) is 48.1 Å². The minimum Gasteiger partial charge on any atom is -0.475 e. The first-order chi connectivity index (χ1) is 18.4. The Morgan fingerprint density at radius 2 is 1.75 bits per heavy atom. The summed E-state index contributed by atoms with van der Waals surface area (Å²) in [6.45, 7) is 8.06. The summed E-state index contributed by atoms with van der Waals surface area (Å²) in [4.78, 5) is 35.9. The Bertz CT molecular complexity index is 1310. The number of carboxylic acid groups (broad SMARTS) is 1. The number of rotatable bonds is 4. The number of amides is 1. The van der Waals surface area contributed by atoms with Crippen molar-refractivity contribution in [1.82, 2.24) is 5.32 Å². The molecule has 1 amide bonds. The number of hydrogen-bond donors (Lipinski definition) is 3. The Hall–Kier alpha value is -2.89. The van der Waals surface area contributed by atoms with Crippen LogP contribution in [0.15, 0.2) is 36.4 Å². The first kappa shape index (κ1) is 31.6. The van der Waals surface area contributed by atoms with Gasteiger partial charge in [0.2, 0.25) is 5.91 Å². The molecular formula is C27H28Cl2F4N2O5. The summed E-state index contributed by atoms with van der Waals surface area (Å²) in [5.41, 5.74) is -0.0283. The number of alkyl halides is 3. The number of fused-ring (bicyclic) bond motifs is 2. The molecule has 0 aliphatic carbocycles. The molecule has 2 aliphatic rings. The molecule has 13 heteroatoms. The molecule has 4 atom stereocenters. The van der Waals surface area contributed by atoms with E-state index < -0.39 is 47.3 Å². The summed E-state index contributed by atoms with van der Waals surface area (Å²) >= 11 is 12.4. The molecule has 0 unspecified atom stereocenters. The van der Waals surface area contributed by atoms with E-state index in [-0.39, 0.29) is 28.5 Å². The molecule has 3 N–H and O–H groups in total. The molecule has 0 radical (unpaired) electrons. The molecule has 218 valence electrons. The number of esters is 1. The molecule has 2 aromatic carbocycles. The van der Waals surface area contributed by atoms with Crippen molar-refractivity contribution in [2.75, 3.05) is 11.9 Å². The SMILES string of the molecule is CCOC(=O)[C@@H]1N[C@H](CC(C)(C)C)[C@]2(C(=O)Nc3cc(Cl)ccc32)[C@H]1c1cccc(Cl)c1F.O=C(O)C(F)(F)F. The van der Waals surface area contributed by atoms with Crippen molar-refractivity contribution in [2.45, 2.75) is 63.7 Å². The maximum atomic E-state index is 15.5. The Morgan fingerprint density at radius 3 is 2.30 bits per heavy atom. The van der Waals surface area contributed by atoms with Gasteiger partial charge in [0.1, 0.15) is 17.3 Å². The molecule has 2 heterocycles. The first-order valence-corrected chi connectivity index (χ1v) is 13.0. The Balaban J connectivity index is 0.000000559. The van der Waals surface area contributed by atoms with Crippen molar-refractivity contribution in [3.05, 3.63) is 63.4 Å². The minimum absolute atomic E-state index is 0.0701. The number of hydrogen-bond acceptors (Lipinski definition) is 5. The van der Waals surface area contributed by atoms with Gasteiger partial charge in [-0.2, -0.15) is 13.2 Å². The molecule has 1 fully saturated rings. The van der Waals surface area contributed by atoms with E-state index in [9.17, 15) is 22.8 Å². The fraction of sp³-hybridized carbons (Fsp3) is 0.444. The monoisotopic (exact) mass is 606 g/mol. The number of carboxylic acids is 1. The third kappa shape index (κ3) is 6.06. The van der Waals surface area contributed by atoms with Gasteiger partial charge in [-0.15, -0.1) is 0 Å². The molecule has 0 saturated carbocycles. The van der Waals surface area contributed by atoms with Crippen molar-refractivity contribution in [2.24, 2.45) is 5.41 Å². The highest BCUT2D eigenvalue weighted by atomic mass is 35.5. The lowest BCUT2D eigenvalue weighted by molar-refractivity contribution is -0.192. The fourth-order valence-electron chi connectivity index (χ4n) is 5.36. The number of ether oxygens (including phenoxy) is 1. The summed E-state index contributed by atoms with van der Waals surface area (Å²) in [6, 6.07) is 8.42. The zero-order chi connectivity index (χ0) is 30.2. The van der Waals surface area contributed by atoms with Crippen molar-refractivity contribution in [1.29, 1.82) is 0 Å². The maximum Gasteiger partial charge on any atom is 0.490 e. The molecule has 2 aliphatic heterocycles. The van der Waals surface area contributed by atoms with Crippen LogP contribution in [0, 0.1) is 11.2 Å². The number of carbonyl (C=O) groups is 3. The van der Waals surface area contributed by atoms with Gasteiger partial charge in [-0.3, -0.25) is 14.9 Å². The minimum atomic E-state index is -5.08. The second-order valence-electron chi connectivity index (χ2n) is 10.7. The van der Waals surface area contributed by atoms with Gasteiger partial charge in [0.05, 0.1) is 11.6 Å². The van der Waals surface area contributed by atoms with Crippen LogP contribution in [0.5, 0.6) is 0 Å². The predicted molar refractivity (Wildman–Crippen MR) is 141 cm³/mol. The molecule has 40 heavy (non-hydrogen) atoms. The van der Waals surface area contributed by atoms with Gasteiger partial charge in [0.15, 0.2) is 0 Å². The van der Waals surface area contributed by atoms with Crippen molar-refractivity contribution < 1.29 is 41.8 Å². The summed E-state index contributed by atoms with van der Waals surface area (Å²) in [6.07, 6.45) is -4.53. The number of carbonyl (C=O) groups excluding carboxylic acids is 2. The van der Waals surface area contributed by atoms with E-state index in [2.05, 4.69) is 31.4 Å². The average molecular weight is 607 g/mol. The van der Waals surface area contributed by atoms with Crippen molar-refractivity contribution in [3.8, 4) is 0 Å². The van der Waals surface area contributed by atoms with Crippen LogP contribution < -0.4 is 10.6 Å². The van der Waals surface area contributed by atoms with E-state index in [4.69, 9.17) is 37.8 Å². The number of halogens is 6. The van der Waals surface area contributed by atoms with Crippen LogP contribution in [0.4, 0.5) is 23.2 Å². The van der Waals surface area contributed by atoms with Gasteiger partial charge >= 0.3 is 18.1 Å². The first-order valence-electron chi connectivity index (χ1n) is 12.2. The van der Waals surface area contributed by atoms with Gasteiger partial charge in [-0.25, -0.2) is 9.18 Å². The van der Waals surface area contributed by atoms with E-state index >= 15 is 4.39 Å². The second-order valence-corrected chi connectivity index (χ2v) is 11.5. The normalized spacial score (nSPS) is 23.8. The maximum absolute atomic E-state index is 15.5. The lowest BCUT2D eigenvalue weighted by Gasteiger charge is -2.37. The van der Waals surface area contributed by atoms with Crippen LogP contribution in [0.3, 0.4) is 0 Å². The number of benzene rings is 2. The van der Waals surface area contributed by atoms with E-state index in [0.29, 0.717) is 22.7 Å². The largest absolute Gasteiger partial charge is 0.490 e. The topological polar surface area (TPSA) is 105 Å². The second kappa shape index (κ2) is 11.5. The Morgan fingerprint density at radius 1 is 1.12 bits per heavy atom. The third-order valence-corrected chi connectivity index (χ3v) is 7.25. The van der Waals surface area contributed by atoms with Crippen LogP contribution in [-0.2, 0) is 24.5 Å². The van der Waals surface area contributed by atoms with Gasteiger partial charge in [0, 0.05) is 22.7 Å². The third-order valence-electron chi connectivity index (χ3n) is 6.72. The van der Waals surface area contributed by atoms with Crippen LogP contribution in [0.2, 0.25) is 10.0 Å². The van der Waals surface area contributed by atoms with Gasteiger partial charge in [-0.1, -0.05) is 62.2 Å². The number of nitrogens with one attached hydrogen (secondary N) is 2. The molecule has 1 saturated heterocycles. The lowest BCUT2D eigenvalue weighted by Crippen LogP contribution is -2.49. The van der Waals surface area contributed by atoms with E-state index in [1.54, 1.807) is 37.3 Å².